The zero-order chi connectivity index (χ0) is 20.0. The van der Waals surface area contributed by atoms with Gasteiger partial charge in [-0.15, -0.1) is 0 Å². The molecule has 29 heavy (non-hydrogen) atoms. The number of ether oxygens (including phenoxy) is 1. The summed E-state index contributed by atoms with van der Waals surface area (Å²) in [6.45, 7) is 7.36. The molecule has 1 N–H and O–H groups in total. The molecule has 0 amide bonds. The predicted molar refractivity (Wildman–Crippen MR) is 122 cm³/mol. The van der Waals surface area contributed by atoms with Crippen LogP contribution in [0.5, 0.6) is 5.75 Å². The van der Waals surface area contributed by atoms with Crippen LogP contribution in [0.1, 0.15) is 28.4 Å². The molecule has 1 aliphatic rings. The Kier molecular flexibility index (Phi) is 4.28. The average Bonchev–Trinajstić information content (AvgIpc) is 2.78. The molecule has 1 aliphatic heterocycles. The topological polar surface area (TPSA) is 21.3 Å². The van der Waals surface area contributed by atoms with Gasteiger partial charge in [-0.25, -0.2) is 0 Å². The van der Waals surface area contributed by atoms with Crippen LogP contribution in [-0.4, -0.2) is 6.54 Å². The normalized spacial score (nSPS) is 15.5. The molecule has 0 bridgehead atoms. The minimum absolute atomic E-state index is 0.0349. The third-order valence-electron chi connectivity index (χ3n) is 6.19. The highest BCUT2D eigenvalue weighted by molar-refractivity contribution is 5.90. The summed E-state index contributed by atoms with van der Waals surface area (Å²) in [5, 5.41) is 6.21. The first-order chi connectivity index (χ1) is 14.1. The van der Waals surface area contributed by atoms with E-state index in [9.17, 15) is 0 Å². The maximum atomic E-state index is 6.51. The van der Waals surface area contributed by atoms with Crippen molar-refractivity contribution in [1.82, 2.24) is 0 Å². The molecular weight excluding hydrogens is 354 g/mol. The summed E-state index contributed by atoms with van der Waals surface area (Å²) in [6, 6.07) is 25.7. The number of hydrogen-bond acceptors (Lipinski definition) is 2. The van der Waals surface area contributed by atoms with E-state index in [-0.39, 0.29) is 6.10 Å². The molecule has 4 aromatic rings. The Morgan fingerprint density at radius 3 is 2.28 bits per heavy atom. The minimum Gasteiger partial charge on any atom is -0.481 e. The summed E-state index contributed by atoms with van der Waals surface area (Å²) >= 11 is 0. The van der Waals surface area contributed by atoms with Gasteiger partial charge < -0.3 is 10.1 Å². The van der Waals surface area contributed by atoms with Crippen molar-refractivity contribution in [1.29, 1.82) is 0 Å². The van der Waals surface area contributed by atoms with Crippen LogP contribution in [0.2, 0.25) is 0 Å². The van der Waals surface area contributed by atoms with Crippen LogP contribution in [0.3, 0.4) is 0 Å². The third-order valence-corrected chi connectivity index (χ3v) is 6.19. The van der Waals surface area contributed by atoms with Crippen LogP contribution in [0.15, 0.2) is 72.8 Å². The highest BCUT2D eigenvalue weighted by Gasteiger charge is 2.27. The molecule has 144 valence electrons. The lowest BCUT2D eigenvalue weighted by Crippen LogP contribution is -2.25. The molecule has 0 fully saturated rings. The lowest BCUT2D eigenvalue weighted by atomic mass is 9.89. The molecule has 0 aliphatic carbocycles. The first kappa shape index (κ1) is 17.8. The number of nitrogens with one attached hydrogen (secondary N) is 1. The quantitative estimate of drug-likeness (QED) is 0.406. The van der Waals surface area contributed by atoms with Crippen LogP contribution in [0.4, 0.5) is 5.69 Å². The Hall–Kier alpha value is -3.26. The maximum Gasteiger partial charge on any atom is 0.146 e. The van der Waals surface area contributed by atoms with Crippen molar-refractivity contribution in [3.63, 3.8) is 0 Å². The molecule has 0 aromatic heterocycles. The van der Waals surface area contributed by atoms with Gasteiger partial charge in [0.2, 0.25) is 0 Å². The first-order valence-corrected chi connectivity index (χ1v) is 10.2. The molecule has 0 saturated carbocycles. The molecule has 0 spiro atoms. The van der Waals surface area contributed by atoms with Gasteiger partial charge in [0.25, 0.3) is 0 Å². The highest BCUT2D eigenvalue weighted by atomic mass is 16.5. The SMILES string of the molecule is Cc1c(C)c(-c2ccc3ccccc3c2)c(C)c2c1OC(c1ccccc1)CN2. The van der Waals surface area contributed by atoms with Gasteiger partial charge >= 0.3 is 0 Å². The molecule has 0 saturated heterocycles. The Labute approximate surface area is 172 Å². The third kappa shape index (κ3) is 2.96. The van der Waals surface area contributed by atoms with E-state index in [4.69, 9.17) is 4.74 Å². The number of fused-ring (bicyclic) bond motifs is 2. The van der Waals surface area contributed by atoms with E-state index in [1.165, 1.54) is 44.2 Å². The van der Waals surface area contributed by atoms with Crippen LogP contribution in [0.25, 0.3) is 21.9 Å². The zero-order valence-corrected chi connectivity index (χ0v) is 17.1. The fourth-order valence-electron chi connectivity index (χ4n) is 4.49. The van der Waals surface area contributed by atoms with E-state index < -0.39 is 0 Å². The van der Waals surface area contributed by atoms with Crippen LogP contribution in [-0.2, 0) is 0 Å². The van der Waals surface area contributed by atoms with Crippen molar-refractivity contribution in [2.24, 2.45) is 0 Å². The van der Waals surface area contributed by atoms with Crippen molar-refractivity contribution in [2.45, 2.75) is 26.9 Å². The number of rotatable bonds is 2. The van der Waals surface area contributed by atoms with Gasteiger partial charge in [-0.3, -0.25) is 0 Å². The van der Waals surface area contributed by atoms with Gasteiger partial charge in [0.1, 0.15) is 11.9 Å². The summed E-state index contributed by atoms with van der Waals surface area (Å²) in [5.41, 5.74) is 8.65. The standard InChI is InChI=1S/C27H25NO/c1-17-18(2)27-26(28-16-24(29-27)21-10-5-4-6-11-21)19(3)25(17)23-14-13-20-9-7-8-12-22(20)15-23/h4-15,24,28H,16H2,1-3H3. The number of benzene rings is 4. The van der Waals surface area contributed by atoms with Crippen molar-refractivity contribution in [3.8, 4) is 16.9 Å². The van der Waals surface area contributed by atoms with E-state index in [0.717, 1.165) is 18.0 Å². The van der Waals surface area contributed by atoms with Crippen molar-refractivity contribution >= 4 is 16.5 Å². The lowest BCUT2D eigenvalue weighted by Gasteiger charge is -2.32. The molecule has 4 aromatic carbocycles. The summed E-state index contributed by atoms with van der Waals surface area (Å²) in [5.74, 6) is 0.990. The lowest BCUT2D eigenvalue weighted by molar-refractivity contribution is 0.208. The molecule has 1 atom stereocenters. The van der Waals surface area contributed by atoms with E-state index in [2.05, 4.69) is 92.8 Å². The molecule has 1 heterocycles. The Morgan fingerprint density at radius 1 is 0.759 bits per heavy atom. The molecule has 5 rings (SSSR count). The van der Waals surface area contributed by atoms with Crippen LogP contribution < -0.4 is 10.1 Å². The monoisotopic (exact) mass is 379 g/mol. The van der Waals surface area contributed by atoms with Crippen molar-refractivity contribution < 1.29 is 4.74 Å². The van der Waals surface area contributed by atoms with Crippen LogP contribution >= 0.6 is 0 Å². The Bertz CT molecular complexity index is 1210. The smallest absolute Gasteiger partial charge is 0.146 e. The molecule has 2 heteroatoms. The van der Waals surface area contributed by atoms with E-state index in [1.807, 2.05) is 6.07 Å². The predicted octanol–water partition coefficient (Wildman–Crippen LogP) is 6.98. The fourth-order valence-corrected chi connectivity index (χ4v) is 4.49. The van der Waals surface area contributed by atoms with Gasteiger partial charge in [-0.05, 0) is 71.0 Å². The zero-order valence-electron chi connectivity index (χ0n) is 17.1. The first-order valence-electron chi connectivity index (χ1n) is 10.2. The van der Waals surface area contributed by atoms with E-state index >= 15 is 0 Å². The summed E-state index contributed by atoms with van der Waals surface area (Å²) in [6.07, 6.45) is 0.0349. The van der Waals surface area contributed by atoms with Gasteiger partial charge in [0, 0.05) is 0 Å². The molecule has 1 unspecified atom stereocenters. The van der Waals surface area contributed by atoms with Crippen molar-refractivity contribution in [2.75, 3.05) is 11.9 Å². The molecule has 0 radical (unpaired) electrons. The molecule has 2 nitrogen and oxygen atoms in total. The second-order valence-corrected chi connectivity index (χ2v) is 7.91. The number of hydrogen-bond donors (Lipinski definition) is 1. The van der Waals surface area contributed by atoms with Gasteiger partial charge in [-0.2, -0.15) is 0 Å². The second-order valence-electron chi connectivity index (χ2n) is 7.91. The minimum atomic E-state index is 0.0349. The summed E-state index contributed by atoms with van der Waals surface area (Å²) in [7, 11) is 0. The Morgan fingerprint density at radius 2 is 1.48 bits per heavy atom. The van der Waals surface area contributed by atoms with Crippen molar-refractivity contribution in [3.05, 3.63) is 95.1 Å². The van der Waals surface area contributed by atoms with E-state index in [0.29, 0.717) is 0 Å². The number of anilines is 1. The summed E-state index contributed by atoms with van der Waals surface area (Å²) < 4.78 is 6.51. The Balaban J connectivity index is 1.62. The molecular formula is C27H25NO. The van der Waals surface area contributed by atoms with Gasteiger partial charge in [-0.1, -0.05) is 66.7 Å². The van der Waals surface area contributed by atoms with E-state index in [1.54, 1.807) is 0 Å². The maximum absolute atomic E-state index is 6.51. The average molecular weight is 380 g/mol. The van der Waals surface area contributed by atoms with Gasteiger partial charge in [0.05, 0.1) is 12.2 Å². The highest BCUT2D eigenvalue weighted by Crippen LogP contribution is 2.46. The fraction of sp³-hybridized carbons (Fsp3) is 0.185. The van der Waals surface area contributed by atoms with Gasteiger partial charge in [0.15, 0.2) is 0 Å². The second kappa shape index (κ2) is 6.97. The summed E-state index contributed by atoms with van der Waals surface area (Å²) in [4.78, 5) is 0. The van der Waals surface area contributed by atoms with Crippen LogP contribution in [0, 0.1) is 20.8 Å². The largest absolute Gasteiger partial charge is 0.481 e.